The minimum Gasteiger partial charge on any atom is -0.481 e. The van der Waals surface area contributed by atoms with Gasteiger partial charge in [0.05, 0.1) is 24.2 Å². The zero-order chi connectivity index (χ0) is 14.8. The van der Waals surface area contributed by atoms with Gasteiger partial charge in [0.1, 0.15) is 9.84 Å². The van der Waals surface area contributed by atoms with E-state index in [0.717, 1.165) is 0 Å². The molecule has 0 amide bonds. The maximum Gasteiger partial charge on any atom is 0.303 e. The fourth-order valence-electron chi connectivity index (χ4n) is 2.89. The van der Waals surface area contributed by atoms with E-state index in [9.17, 15) is 13.2 Å². The lowest BCUT2D eigenvalue weighted by Gasteiger charge is -2.30. The van der Waals surface area contributed by atoms with Gasteiger partial charge in [-0.25, -0.2) is 8.42 Å². The third-order valence-electron chi connectivity index (χ3n) is 4.00. The van der Waals surface area contributed by atoms with E-state index in [1.54, 1.807) is 0 Å². The fourth-order valence-corrected chi connectivity index (χ4v) is 4.48. The van der Waals surface area contributed by atoms with E-state index in [2.05, 4.69) is 0 Å². The lowest BCUT2D eigenvalue weighted by Crippen LogP contribution is -2.33. The van der Waals surface area contributed by atoms with Crippen LogP contribution in [0.5, 0.6) is 0 Å². The van der Waals surface area contributed by atoms with Crippen LogP contribution in [0, 0.1) is 5.92 Å². The molecular weight excluding hydrogens is 284 g/mol. The Hall–Kier alpha value is -0.660. The molecule has 0 aromatic heterocycles. The van der Waals surface area contributed by atoms with Crippen LogP contribution in [0.3, 0.4) is 0 Å². The van der Waals surface area contributed by atoms with Crippen LogP contribution in [0.2, 0.25) is 0 Å². The van der Waals surface area contributed by atoms with Crippen LogP contribution in [0.4, 0.5) is 0 Å². The normalized spacial score (nSPS) is 34.1. The predicted octanol–water partition coefficient (Wildman–Crippen LogP) is 1.20. The molecule has 2 saturated heterocycles. The number of aliphatic carboxylic acids is 1. The molecule has 0 saturated carbocycles. The van der Waals surface area contributed by atoms with Crippen molar-refractivity contribution in [1.82, 2.24) is 0 Å². The van der Waals surface area contributed by atoms with E-state index in [1.165, 1.54) is 0 Å². The minimum absolute atomic E-state index is 0.0752. The van der Waals surface area contributed by atoms with E-state index >= 15 is 0 Å². The number of carboxylic acids is 1. The minimum atomic E-state index is -2.84. The van der Waals surface area contributed by atoms with Gasteiger partial charge in [0.2, 0.25) is 0 Å². The quantitative estimate of drug-likeness (QED) is 0.821. The molecule has 7 heteroatoms. The lowest BCUT2D eigenvalue weighted by molar-refractivity contribution is -0.168. The standard InChI is InChI=1S/C13H22O6S/c1-13(8-10-4-6-20(16,17)7-5-10)18-9-11(19-13)2-3-12(14)15/h10-11H,2-9H2,1H3,(H,14,15). The van der Waals surface area contributed by atoms with Crippen molar-refractivity contribution in [3.63, 3.8) is 0 Å². The highest BCUT2D eigenvalue weighted by Crippen LogP contribution is 2.35. The zero-order valence-corrected chi connectivity index (χ0v) is 12.5. The topological polar surface area (TPSA) is 89.9 Å². The van der Waals surface area contributed by atoms with Gasteiger partial charge in [-0.15, -0.1) is 0 Å². The number of rotatable bonds is 5. The highest BCUT2D eigenvalue weighted by atomic mass is 32.2. The molecule has 2 atom stereocenters. The van der Waals surface area contributed by atoms with Crippen LogP contribution < -0.4 is 0 Å². The molecule has 20 heavy (non-hydrogen) atoms. The van der Waals surface area contributed by atoms with Crippen LogP contribution >= 0.6 is 0 Å². The SMILES string of the molecule is CC1(CC2CCS(=O)(=O)CC2)OCC(CCC(=O)O)O1. The van der Waals surface area contributed by atoms with Crippen LogP contribution in [0.15, 0.2) is 0 Å². The first-order valence-electron chi connectivity index (χ1n) is 7.02. The van der Waals surface area contributed by atoms with Crippen LogP contribution in [-0.4, -0.2) is 49.5 Å². The highest BCUT2D eigenvalue weighted by molar-refractivity contribution is 7.91. The summed E-state index contributed by atoms with van der Waals surface area (Å²) in [7, 11) is -2.84. The molecule has 0 aromatic carbocycles. The highest BCUT2D eigenvalue weighted by Gasteiger charge is 2.40. The Labute approximate surface area is 119 Å². The van der Waals surface area contributed by atoms with Gasteiger partial charge in [-0.05, 0) is 32.1 Å². The van der Waals surface area contributed by atoms with E-state index in [0.29, 0.717) is 38.2 Å². The average molecular weight is 306 g/mol. The maximum absolute atomic E-state index is 11.4. The third kappa shape index (κ3) is 4.43. The summed E-state index contributed by atoms with van der Waals surface area (Å²) >= 11 is 0. The van der Waals surface area contributed by atoms with Crippen molar-refractivity contribution in [2.75, 3.05) is 18.1 Å². The van der Waals surface area contributed by atoms with Gasteiger partial charge >= 0.3 is 5.97 Å². The van der Waals surface area contributed by atoms with Crippen molar-refractivity contribution >= 4 is 15.8 Å². The number of ether oxygens (including phenoxy) is 2. The van der Waals surface area contributed by atoms with E-state index in [1.807, 2.05) is 6.92 Å². The second kappa shape index (κ2) is 5.99. The summed E-state index contributed by atoms with van der Waals surface area (Å²) in [4.78, 5) is 10.5. The summed E-state index contributed by atoms with van der Waals surface area (Å²) in [6.07, 6.45) is 2.33. The molecule has 2 aliphatic heterocycles. The Morgan fingerprint density at radius 3 is 2.60 bits per heavy atom. The molecule has 2 aliphatic rings. The molecule has 0 bridgehead atoms. The molecule has 2 rings (SSSR count). The Kier molecular flexibility index (Phi) is 4.71. The molecule has 2 heterocycles. The molecule has 0 spiro atoms. The molecule has 2 fully saturated rings. The molecule has 1 N–H and O–H groups in total. The predicted molar refractivity (Wildman–Crippen MR) is 72.1 cm³/mol. The second-order valence-electron chi connectivity index (χ2n) is 5.92. The summed E-state index contributed by atoms with van der Waals surface area (Å²) in [5.74, 6) is -0.747. The van der Waals surface area contributed by atoms with Crippen LogP contribution in [-0.2, 0) is 24.1 Å². The molecule has 116 valence electrons. The Bertz CT molecular complexity index is 445. The van der Waals surface area contributed by atoms with Gasteiger partial charge in [0, 0.05) is 12.8 Å². The Morgan fingerprint density at radius 2 is 2.00 bits per heavy atom. The molecule has 0 aliphatic carbocycles. The number of carbonyl (C=O) groups is 1. The number of sulfone groups is 1. The van der Waals surface area contributed by atoms with Gasteiger partial charge in [-0.3, -0.25) is 4.79 Å². The van der Waals surface area contributed by atoms with Gasteiger partial charge in [0.15, 0.2) is 5.79 Å². The van der Waals surface area contributed by atoms with Gasteiger partial charge < -0.3 is 14.6 Å². The maximum atomic E-state index is 11.4. The first kappa shape index (κ1) is 15.7. The summed E-state index contributed by atoms with van der Waals surface area (Å²) in [6.45, 7) is 2.27. The van der Waals surface area contributed by atoms with Crippen molar-refractivity contribution in [2.24, 2.45) is 5.92 Å². The smallest absolute Gasteiger partial charge is 0.303 e. The fraction of sp³-hybridized carbons (Fsp3) is 0.923. The summed E-state index contributed by atoms with van der Waals surface area (Å²) in [5, 5.41) is 8.66. The van der Waals surface area contributed by atoms with E-state index in [4.69, 9.17) is 14.6 Å². The van der Waals surface area contributed by atoms with Crippen molar-refractivity contribution in [3.8, 4) is 0 Å². The Morgan fingerprint density at radius 1 is 1.35 bits per heavy atom. The number of hydrogen-bond donors (Lipinski definition) is 1. The van der Waals surface area contributed by atoms with Crippen molar-refractivity contribution in [3.05, 3.63) is 0 Å². The average Bonchev–Trinajstić information content (AvgIpc) is 2.72. The van der Waals surface area contributed by atoms with Crippen molar-refractivity contribution in [2.45, 2.75) is 50.9 Å². The van der Waals surface area contributed by atoms with Crippen molar-refractivity contribution < 1.29 is 27.8 Å². The Balaban J connectivity index is 1.80. The zero-order valence-electron chi connectivity index (χ0n) is 11.7. The molecular formula is C13H22O6S. The van der Waals surface area contributed by atoms with E-state index in [-0.39, 0.29) is 24.0 Å². The van der Waals surface area contributed by atoms with Gasteiger partial charge in [0.25, 0.3) is 0 Å². The first-order chi connectivity index (χ1) is 9.28. The van der Waals surface area contributed by atoms with Crippen LogP contribution in [0.25, 0.3) is 0 Å². The summed E-state index contributed by atoms with van der Waals surface area (Å²) < 4.78 is 34.3. The molecule has 0 aromatic rings. The molecule has 2 unspecified atom stereocenters. The summed E-state index contributed by atoms with van der Waals surface area (Å²) in [5.41, 5.74) is 0. The number of carboxylic acid groups (broad SMARTS) is 1. The largest absolute Gasteiger partial charge is 0.481 e. The second-order valence-corrected chi connectivity index (χ2v) is 8.22. The summed E-state index contributed by atoms with van der Waals surface area (Å²) in [6, 6.07) is 0. The lowest BCUT2D eigenvalue weighted by atomic mass is 9.94. The first-order valence-corrected chi connectivity index (χ1v) is 8.84. The monoisotopic (exact) mass is 306 g/mol. The van der Waals surface area contributed by atoms with Crippen LogP contribution in [0.1, 0.15) is 39.0 Å². The van der Waals surface area contributed by atoms with E-state index < -0.39 is 21.6 Å². The van der Waals surface area contributed by atoms with Gasteiger partial charge in [-0.1, -0.05) is 0 Å². The molecule has 0 radical (unpaired) electrons. The molecule has 6 nitrogen and oxygen atoms in total. The van der Waals surface area contributed by atoms with Gasteiger partial charge in [-0.2, -0.15) is 0 Å². The van der Waals surface area contributed by atoms with Crippen molar-refractivity contribution in [1.29, 1.82) is 0 Å². The number of hydrogen-bond acceptors (Lipinski definition) is 5. The third-order valence-corrected chi connectivity index (χ3v) is 5.72.